The first kappa shape index (κ1) is 14.0. The van der Waals surface area contributed by atoms with Crippen LogP contribution in [0.15, 0.2) is 58.1 Å². The zero-order chi connectivity index (χ0) is 15.5. The topological polar surface area (TPSA) is 64.4 Å². The van der Waals surface area contributed by atoms with Gasteiger partial charge in [0.05, 0.1) is 6.26 Å². The van der Waals surface area contributed by atoms with Crippen LogP contribution in [-0.4, -0.2) is 18.2 Å². The Labute approximate surface area is 127 Å². The van der Waals surface area contributed by atoms with E-state index in [0.29, 0.717) is 22.8 Å². The minimum Gasteiger partial charge on any atom is -0.463 e. The van der Waals surface area contributed by atoms with Gasteiger partial charge in [-0.25, -0.2) is 9.37 Å². The Hall–Kier alpha value is -2.95. The predicted molar refractivity (Wildman–Crippen MR) is 85.3 cm³/mol. The molecule has 22 heavy (non-hydrogen) atoms. The summed E-state index contributed by atoms with van der Waals surface area (Å²) in [5, 5.41) is 0. The van der Waals surface area contributed by atoms with E-state index in [-0.39, 0.29) is 5.82 Å². The summed E-state index contributed by atoms with van der Waals surface area (Å²) in [7, 11) is 1.66. The third-order valence-electron chi connectivity index (χ3n) is 3.28. The van der Waals surface area contributed by atoms with Crippen molar-refractivity contribution in [3.8, 4) is 22.6 Å². The molecule has 0 aliphatic carbocycles. The first-order chi connectivity index (χ1) is 10.7. The fourth-order valence-corrected chi connectivity index (χ4v) is 2.26. The maximum Gasteiger partial charge on any atom is 0.152 e. The summed E-state index contributed by atoms with van der Waals surface area (Å²) in [5.41, 5.74) is 9.04. The second-order valence-electron chi connectivity index (χ2n) is 4.73. The van der Waals surface area contributed by atoms with Crippen molar-refractivity contribution >= 4 is 12.0 Å². The SMILES string of the molecule is CN=Cc1c(-c2ccc(F)cc2)cc(-c2ccco2)nc1N. The van der Waals surface area contributed by atoms with E-state index in [1.807, 2.05) is 12.1 Å². The fourth-order valence-electron chi connectivity index (χ4n) is 2.26. The maximum atomic E-state index is 13.2. The molecular weight excluding hydrogens is 281 g/mol. The van der Waals surface area contributed by atoms with Crippen LogP contribution in [0.4, 0.5) is 10.2 Å². The number of aromatic nitrogens is 1. The minimum atomic E-state index is -0.289. The van der Waals surface area contributed by atoms with Crippen LogP contribution in [0.1, 0.15) is 5.56 Å². The molecule has 3 aromatic rings. The summed E-state index contributed by atoms with van der Waals surface area (Å²) in [6, 6.07) is 11.7. The Kier molecular flexibility index (Phi) is 3.70. The van der Waals surface area contributed by atoms with Gasteiger partial charge >= 0.3 is 0 Å². The molecule has 2 aromatic heterocycles. The maximum absolute atomic E-state index is 13.2. The molecule has 0 radical (unpaired) electrons. The number of hydrogen-bond acceptors (Lipinski definition) is 4. The highest BCUT2D eigenvalue weighted by molar-refractivity contribution is 5.96. The Morgan fingerprint density at radius 1 is 1.23 bits per heavy atom. The fraction of sp³-hybridized carbons (Fsp3) is 0.0588. The van der Waals surface area contributed by atoms with Crippen LogP contribution in [0.25, 0.3) is 22.6 Å². The molecule has 0 aliphatic heterocycles. The van der Waals surface area contributed by atoms with Crippen molar-refractivity contribution in [2.45, 2.75) is 0 Å². The normalized spacial score (nSPS) is 11.2. The first-order valence-corrected chi connectivity index (χ1v) is 6.71. The van der Waals surface area contributed by atoms with Gasteiger partial charge in [-0.05, 0) is 41.5 Å². The predicted octanol–water partition coefficient (Wildman–Crippen LogP) is 3.78. The number of nitrogen functional groups attached to an aromatic ring is 1. The number of benzene rings is 1. The Morgan fingerprint density at radius 3 is 2.64 bits per heavy atom. The number of halogens is 1. The first-order valence-electron chi connectivity index (χ1n) is 6.71. The van der Waals surface area contributed by atoms with Crippen LogP contribution in [-0.2, 0) is 0 Å². The van der Waals surface area contributed by atoms with Crippen molar-refractivity contribution in [1.29, 1.82) is 0 Å². The molecule has 0 unspecified atom stereocenters. The molecule has 4 nitrogen and oxygen atoms in total. The summed E-state index contributed by atoms with van der Waals surface area (Å²) in [4.78, 5) is 8.38. The van der Waals surface area contributed by atoms with Crippen LogP contribution in [0.5, 0.6) is 0 Å². The van der Waals surface area contributed by atoms with Crippen molar-refractivity contribution in [2.24, 2.45) is 4.99 Å². The van der Waals surface area contributed by atoms with Crippen molar-refractivity contribution in [1.82, 2.24) is 4.98 Å². The third-order valence-corrected chi connectivity index (χ3v) is 3.28. The highest BCUT2D eigenvalue weighted by Crippen LogP contribution is 2.31. The highest BCUT2D eigenvalue weighted by Gasteiger charge is 2.13. The van der Waals surface area contributed by atoms with Gasteiger partial charge in [-0.15, -0.1) is 0 Å². The van der Waals surface area contributed by atoms with Gasteiger partial charge in [0.25, 0.3) is 0 Å². The van der Waals surface area contributed by atoms with Gasteiger partial charge in [0.2, 0.25) is 0 Å². The van der Waals surface area contributed by atoms with Crippen LogP contribution >= 0.6 is 0 Å². The molecule has 0 spiro atoms. The third kappa shape index (κ3) is 2.61. The lowest BCUT2D eigenvalue weighted by atomic mass is 9.99. The zero-order valence-electron chi connectivity index (χ0n) is 12.0. The Balaban J connectivity index is 2.22. The van der Waals surface area contributed by atoms with E-state index < -0.39 is 0 Å². The van der Waals surface area contributed by atoms with Crippen molar-refractivity contribution in [3.05, 3.63) is 60.1 Å². The van der Waals surface area contributed by atoms with E-state index in [1.165, 1.54) is 12.1 Å². The summed E-state index contributed by atoms with van der Waals surface area (Å²) >= 11 is 0. The Morgan fingerprint density at radius 2 is 2.00 bits per heavy atom. The van der Waals surface area contributed by atoms with Crippen molar-refractivity contribution in [3.63, 3.8) is 0 Å². The zero-order valence-corrected chi connectivity index (χ0v) is 12.0. The van der Waals surface area contributed by atoms with E-state index in [9.17, 15) is 4.39 Å². The lowest BCUT2D eigenvalue weighted by Gasteiger charge is -2.10. The summed E-state index contributed by atoms with van der Waals surface area (Å²) in [5.74, 6) is 0.677. The van der Waals surface area contributed by atoms with E-state index in [4.69, 9.17) is 10.2 Å². The molecule has 5 heteroatoms. The van der Waals surface area contributed by atoms with Gasteiger partial charge in [0.1, 0.15) is 17.3 Å². The molecule has 0 amide bonds. The second-order valence-corrected chi connectivity index (χ2v) is 4.73. The van der Waals surface area contributed by atoms with Gasteiger partial charge in [0.15, 0.2) is 5.76 Å². The van der Waals surface area contributed by atoms with Gasteiger partial charge in [-0.3, -0.25) is 4.99 Å². The number of aliphatic imine (C=N–C) groups is 1. The smallest absolute Gasteiger partial charge is 0.152 e. The number of hydrogen-bond donors (Lipinski definition) is 1. The molecule has 1 aromatic carbocycles. The van der Waals surface area contributed by atoms with E-state index in [0.717, 1.165) is 11.1 Å². The molecule has 0 fully saturated rings. The molecular formula is C17H14FN3O. The molecule has 0 bridgehead atoms. The van der Waals surface area contributed by atoms with Gasteiger partial charge in [0, 0.05) is 18.8 Å². The average Bonchev–Trinajstić information content (AvgIpc) is 3.04. The van der Waals surface area contributed by atoms with E-state index >= 15 is 0 Å². The van der Waals surface area contributed by atoms with E-state index in [2.05, 4.69) is 9.98 Å². The molecule has 0 saturated carbocycles. The molecule has 2 heterocycles. The second kappa shape index (κ2) is 5.81. The number of nitrogens with two attached hydrogens (primary N) is 1. The van der Waals surface area contributed by atoms with Crippen LogP contribution in [0.3, 0.4) is 0 Å². The molecule has 0 aliphatic rings. The monoisotopic (exact) mass is 295 g/mol. The van der Waals surface area contributed by atoms with Crippen LogP contribution in [0.2, 0.25) is 0 Å². The highest BCUT2D eigenvalue weighted by atomic mass is 19.1. The average molecular weight is 295 g/mol. The van der Waals surface area contributed by atoms with Crippen molar-refractivity contribution < 1.29 is 8.81 Å². The minimum absolute atomic E-state index is 0.289. The van der Waals surface area contributed by atoms with Crippen LogP contribution in [0, 0.1) is 5.82 Å². The molecule has 110 valence electrons. The van der Waals surface area contributed by atoms with Gasteiger partial charge in [-0.2, -0.15) is 0 Å². The summed E-state index contributed by atoms with van der Waals surface area (Å²) in [6.07, 6.45) is 3.22. The van der Waals surface area contributed by atoms with Crippen LogP contribution < -0.4 is 5.73 Å². The van der Waals surface area contributed by atoms with Gasteiger partial charge < -0.3 is 10.2 Å². The lowest BCUT2D eigenvalue weighted by molar-refractivity contribution is 0.580. The molecule has 2 N–H and O–H groups in total. The largest absolute Gasteiger partial charge is 0.463 e. The number of rotatable bonds is 3. The summed E-state index contributed by atoms with van der Waals surface area (Å²) < 4.78 is 18.5. The molecule has 0 atom stereocenters. The summed E-state index contributed by atoms with van der Waals surface area (Å²) in [6.45, 7) is 0. The quantitative estimate of drug-likeness (QED) is 0.748. The lowest BCUT2D eigenvalue weighted by Crippen LogP contribution is -2.01. The van der Waals surface area contributed by atoms with Gasteiger partial charge in [-0.1, -0.05) is 12.1 Å². The number of anilines is 1. The van der Waals surface area contributed by atoms with Crippen molar-refractivity contribution in [2.75, 3.05) is 12.8 Å². The molecule has 0 saturated heterocycles. The van der Waals surface area contributed by atoms with E-state index in [1.54, 1.807) is 37.7 Å². The number of nitrogens with zero attached hydrogens (tertiary/aromatic N) is 2. The number of furan rings is 1. The standard InChI is InChI=1S/C17H14FN3O/c1-20-10-14-13(11-4-6-12(18)7-5-11)9-15(21-17(14)19)16-3-2-8-22-16/h2-10H,1H3,(H2,19,21). The number of pyridine rings is 1. The Bertz CT molecular complexity index is 809. The molecule has 3 rings (SSSR count).